The summed E-state index contributed by atoms with van der Waals surface area (Å²) in [5.74, 6) is 0.456. The van der Waals surface area contributed by atoms with Crippen molar-refractivity contribution in [2.24, 2.45) is 7.05 Å². The molecule has 0 spiro atoms. The first kappa shape index (κ1) is 12.6. The van der Waals surface area contributed by atoms with Gasteiger partial charge in [-0.3, -0.25) is 10.00 Å². The number of nitrogens with zero attached hydrogens (tertiary/aromatic N) is 4. The van der Waals surface area contributed by atoms with Crippen molar-refractivity contribution in [3.63, 3.8) is 0 Å². The molecule has 1 N–H and O–H groups in total. The van der Waals surface area contributed by atoms with Crippen LogP contribution in [0.1, 0.15) is 10.4 Å². The Morgan fingerprint density at radius 2 is 2.39 bits per heavy atom. The van der Waals surface area contributed by atoms with Crippen molar-refractivity contribution in [1.82, 2.24) is 19.9 Å². The molecule has 0 aromatic carbocycles. The number of hydrogen-bond donors (Lipinski definition) is 1. The van der Waals surface area contributed by atoms with Gasteiger partial charge in [-0.15, -0.1) is 16.4 Å². The van der Waals surface area contributed by atoms with Crippen molar-refractivity contribution >= 4 is 23.2 Å². The van der Waals surface area contributed by atoms with Gasteiger partial charge in [0, 0.05) is 19.0 Å². The standard InChI is InChI=1S/C11H15N5OS/c1-8-4-5-18-9(8)6-15(2)11(17)12-10-7-16(3)14-13-10/h4-5,7H,6H2,1-3H3,(H,12,17). The molecule has 7 heteroatoms. The van der Waals surface area contributed by atoms with Crippen molar-refractivity contribution in [3.05, 3.63) is 28.1 Å². The highest BCUT2D eigenvalue weighted by Gasteiger charge is 2.12. The Morgan fingerprint density at radius 3 is 2.94 bits per heavy atom. The molecule has 0 atom stereocenters. The van der Waals surface area contributed by atoms with E-state index in [4.69, 9.17) is 0 Å². The molecule has 0 aliphatic carbocycles. The SMILES string of the molecule is Cc1ccsc1CN(C)C(=O)Nc1cn(C)nn1. The Morgan fingerprint density at radius 1 is 1.61 bits per heavy atom. The molecular formula is C11H15N5OS. The van der Waals surface area contributed by atoms with Crippen LogP contribution in [0.15, 0.2) is 17.6 Å². The molecule has 0 unspecified atom stereocenters. The Hall–Kier alpha value is -1.89. The molecular weight excluding hydrogens is 250 g/mol. The van der Waals surface area contributed by atoms with Gasteiger partial charge in [0.05, 0.1) is 12.7 Å². The maximum absolute atomic E-state index is 11.9. The lowest BCUT2D eigenvalue weighted by molar-refractivity contribution is 0.221. The summed E-state index contributed by atoms with van der Waals surface area (Å²) in [6, 6.07) is 1.86. The van der Waals surface area contributed by atoms with E-state index in [1.54, 1.807) is 41.2 Å². The van der Waals surface area contributed by atoms with Crippen LogP contribution >= 0.6 is 11.3 Å². The fourth-order valence-corrected chi connectivity index (χ4v) is 2.42. The summed E-state index contributed by atoms with van der Waals surface area (Å²) in [7, 11) is 3.51. The lowest BCUT2D eigenvalue weighted by atomic mass is 10.3. The monoisotopic (exact) mass is 265 g/mol. The molecule has 96 valence electrons. The molecule has 18 heavy (non-hydrogen) atoms. The van der Waals surface area contributed by atoms with Crippen LogP contribution in [0.25, 0.3) is 0 Å². The van der Waals surface area contributed by atoms with Crippen LogP contribution in [0, 0.1) is 6.92 Å². The average molecular weight is 265 g/mol. The highest BCUT2D eigenvalue weighted by Crippen LogP contribution is 2.17. The van der Waals surface area contributed by atoms with Gasteiger partial charge in [0.25, 0.3) is 0 Å². The molecule has 2 aromatic heterocycles. The zero-order valence-corrected chi connectivity index (χ0v) is 11.4. The molecule has 2 aromatic rings. The van der Waals surface area contributed by atoms with Crippen LogP contribution in [-0.4, -0.2) is 33.0 Å². The minimum Gasteiger partial charge on any atom is -0.322 e. The fourth-order valence-electron chi connectivity index (χ4n) is 1.46. The number of aromatic nitrogens is 3. The lowest BCUT2D eigenvalue weighted by Gasteiger charge is -2.16. The summed E-state index contributed by atoms with van der Waals surface area (Å²) >= 11 is 1.65. The van der Waals surface area contributed by atoms with Gasteiger partial charge in [-0.05, 0) is 23.9 Å². The van der Waals surface area contributed by atoms with E-state index in [0.717, 1.165) is 0 Å². The highest BCUT2D eigenvalue weighted by molar-refractivity contribution is 7.10. The van der Waals surface area contributed by atoms with Gasteiger partial charge in [-0.1, -0.05) is 5.21 Å². The molecule has 2 heterocycles. The van der Waals surface area contributed by atoms with E-state index in [2.05, 4.69) is 21.7 Å². The number of nitrogens with one attached hydrogen (secondary N) is 1. The molecule has 0 radical (unpaired) electrons. The van der Waals surface area contributed by atoms with Gasteiger partial charge >= 0.3 is 6.03 Å². The molecule has 6 nitrogen and oxygen atoms in total. The van der Waals surface area contributed by atoms with Crippen LogP contribution in [0.5, 0.6) is 0 Å². The van der Waals surface area contributed by atoms with Crippen molar-refractivity contribution in [3.8, 4) is 0 Å². The number of hydrogen-bond acceptors (Lipinski definition) is 4. The summed E-state index contributed by atoms with van der Waals surface area (Å²) in [4.78, 5) is 14.7. The second-order valence-corrected chi connectivity index (χ2v) is 5.09. The number of carbonyl (C=O) groups excluding carboxylic acids is 1. The number of carbonyl (C=O) groups is 1. The van der Waals surface area contributed by atoms with Crippen LogP contribution in [0.2, 0.25) is 0 Å². The van der Waals surface area contributed by atoms with Gasteiger partial charge in [0.15, 0.2) is 5.82 Å². The Balaban J connectivity index is 1.95. The van der Waals surface area contributed by atoms with E-state index in [0.29, 0.717) is 12.4 Å². The van der Waals surface area contributed by atoms with E-state index in [-0.39, 0.29) is 6.03 Å². The molecule has 0 aliphatic heterocycles. The third-order valence-corrected chi connectivity index (χ3v) is 3.54. The first-order valence-electron chi connectivity index (χ1n) is 5.47. The smallest absolute Gasteiger partial charge is 0.322 e. The van der Waals surface area contributed by atoms with Gasteiger partial charge in [0.2, 0.25) is 0 Å². The number of urea groups is 1. The third-order valence-electron chi connectivity index (χ3n) is 2.53. The van der Waals surface area contributed by atoms with Gasteiger partial charge in [0.1, 0.15) is 0 Å². The first-order valence-corrected chi connectivity index (χ1v) is 6.35. The van der Waals surface area contributed by atoms with Crippen molar-refractivity contribution in [2.75, 3.05) is 12.4 Å². The summed E-state index contributed by atoms with van der Waals surface area (Å²) in [6.07, 6.45) is 1.65. The minimum atomic E-state index is -0.191. The van der Waals surface area contributed by atoms with Gasteiger partial charge in [-0.2, -0.15) is 0 Å². The van der Waals surface area contributed by atoms with Crippen LogP contribution < -0.4 is 5.32 Å². The molecule has 2 rings (SSSR count). The quantitative estimate of drug-likeness (QED) is 0.921. The summed E-state index contributed by atoms with van der Waals surface area (Å²) in [6.45, 7) is 2.63. The van der Waals surface area contributed by atoms with E-state index in [1.807, 2.05) is 12.3 Å². The first-order chi connectivity index (χ1) is 8.56. The Bertz CT molecular complexity index is 547. The Kier molecular flexibility index (Phi) is 3.61. The molecule has 0 bridgehead atoms. The van der Waals surface area contributed by atoms with E-state index in [9.17, 15) is 4.79 Å². The zero-order chi connectivity index (χ0) is 13.1. The predicted octanol–water partition coefficient (Wildman–Crippen LogP) is 1.85. The van der Waals surface area contributed by atoms with Gasteiger partial charge in [-0.25, -0.2) is 4.79 Å². The van der Waals surface area contributed by atoms with Crippen molar-refractivity contribution < 1.29 is 4.79 Å². The van der Waals surface area contributed by atoms with E-state index >= 15 is 0 Å². The van der Waals surface area contributed by atoms with Crippen LogP contribution in [-0.2, 0) is 13.6 Å². The lowest BCUT2D eigenvalue weighted by Crippen LogP contribution is -2.30. The van der Waals surface area contributed by atoms with Crippen molar-refractivity contribution in [2.45, 2.75) is 13.5 Å². The maximum atomic E-state index is 11.9. The summed E-state index contributed by atoms with van der Waals surface area (Å²) in [5.41, 5.74) is 1.21. The normalized spacial score (nSPS) is 10.4. The molecule has 0 saturated carbocycles. The largest absolute Gasteiger partial charge is 0.323 e. The van der Waals surface area contributed by atoms with Gasteiger partial charge < -0.3 is 4.90 Å². The maximum Gasteiger partial charge on any atom is 0.323 e. The third kappa shape index (κ3) is 2.86. The van der Waals surface area contributed by atoms with Crippen LogP contribution in [0.4, 0.5) is 10.6 Å². The molecule has 2 amide bonds. The fraction of sp³-hybridized carbons (Fsp3) is 0.364. The minimum absolute atomic E-state index is 0.191. The summed E-state index contributed by atoms with van der Waals surface area (Å²) in [5, 5.41) is 12.3. The van der Waals surface area contributed by atoms with Crippen LogP contribution in [0.3, 0.4) is 0 Å². The zero-order valence-electron chi connectivity index (χ0n) is 10.5. The molecule has 0 fully saturated rings. The highest BCUT2D eigenvalue weighted by atomic mass is 32.1. The number of amides is 2. The van der Waals surface area contributed by atoms with E-state index in [1.165, 1.54) is 10.4 Å². The molecule has 0 saturated heterocycles. The second-order valence-electron chi connectivity index (χ2n) is 4.09. The number of rotatable bonds is 3. The number of anilines is 1. The van der Waals surface area contributed by atoms with Crippen molar-refractivity contribution in [1.29, 1.82) is 0 Å². The van der Waals surface area contributed by atoms with E-state index < -0.39 is 0 Å². The average Bonchev–Trinajstić information content (AvgIpc) is 2.89. The number of aryl methyl sites for hydroxylation is 2. The predicted molar refractivity (Wildman–Crippen MR) is 70.5 cm³/mol. The number of thiophene rings is 1. The second kappa shape index (κ2) is 5.18. The summed E-state index contributed by atoms with van der Waals surface area (Å²) < 4.78 is 1.54. The topological polar surface area (TPSA) is 63.1 Å². The Labute approximate surface area is 109 Å². The molecule has 0 aliphatic rings.